The lowest BCUT2D eigenvalue weighted by Crippen LogP contribution is -1.93. The molecule has 1 aromatic carbocycles. The van der Waals surface area contributed by atoms with Crippen LogP contribution >= 0.6 is 23.3 Å². The van der Waals surface area contributed by atoms with Gasteiger partial charge in [-0.05, 0) is 23.2 Å². The van der Waals surface area contributed by atoms with E-state index in [1.165, 1.54) is 35.4 Å². The molecule has 0 amide bonds. The maximum Gasteiger partial charge on any atom is 0.304 e. The molecule has 0 unspecified atom stereocenters. The molecule has 0 saturated carbocycles. The van der Waals surface area contributed by atoms with Crippen molar-refractivity contribution >= 4 is 29.0 Å². The number of rotatable bonds is 5. The summed E-state index contributed by atoms with van der Waals surface area (Å²) in [4.78, 5) is 14.0. The van der Waals surface area contributed by atoms with Gasteiger partial charge in [0.15, 0.2) is 4.34 Å². The van der Waals surface area contributed by atoms with E-state index in [1.807, 2.05) is 6.92 Å². The van der Waals surface area contributed by atoms with Crippen molar-refractivity contribution < 1.29 is 9.31 Å². The predicted octanol–water partition coefficient (Wildman–Crippen LogP) is 3.44. The Balaban J connectivity index is 2.03. The number of aryl methyl sites for hydroxylation is 1. The molecular formula is C11H10FN3O2S2. The van der Waals surface area contributed by atoms with E-state index < -0.39 is 16.4 Å². The van der Waals surface area contributed by atoms with Gasteiger partial charge in [-0.3, -0.25) is 10.1 Å². The van der Waals surface area contributed by atoms with Gasteiger partial charge in [-0.2, -0.15) is 8.76 Å². The maximum absolute atomic E-state index is 13.4. The molecule has 5 nitrogen and oxygen atoms in total. The molecule has 0 spiro atoms. The number of thioether (sulfide) groups is 1. The highest BCUT2D eigenvalue weighted by atomic mass is 32.2. The van der Waals surface area contributed by atoms with Gasteiger partial charge in [-0.1, -0.05) is 24.8 Å². The molecule has 0 atom stereocenters. The number of nitrogens with zero attached hydrogens (tertiary/aromatic N) is 3. The molecule has 0 bridgehead atoms. The van der Waals surface area contributed by atoms with E-state index in [4.69, 9.17) is 0 Å². The van der Waals surface area contributed by atoms with Crippen LogP contribution in [-0.4, -0.2) is 14.3 Å². The summed E-state index contributed by atoms with van der Waals surface area (Å²) >= 11 is 2.75. The van der Waals surface area contributed by atoms with Gasteiger partial charge in [-0.25, -0.2) is 4.98 Å². The maximum atomic E-state index is 13.4. The van der Waals surface area contributed by atoms with Crippen LogP contribution in [0, 0.1) is 15.9 Å². The quantitative estimate of drug-likeness (QED) is 0.480. The van der Waals surface area contributed by atoms with E-state index in [9.17, 15) is 14.5 Å². The van der Waals surface area contributed by atoms with Crippen LogP contribution < -0.4 is 0 Å². The van der Waals surface area contributed by atoms with Crippen LogP contribution in [0.25, 0.3) is 0 Å². The molecule has 19 heavy (non-hydrogen) atoms. The van der Waals surface area contributed by atoms with Crippen LogP contribution in [0.2, 0.25) is 0 Å². The highest BCUT2D eigenvalue weighted by molar-refractivity contribution is 8.00. The topological polar surface area (TPSA) is 68.9 Å². The number of hydrogen-bond acceptors (Lipinski definition) is 6. The Morgan fingerprint density at radius 3 is 2.89 bits per heavy atom. The summed E-state index contributed by atoms with van der Waals surface area (Å²) in [5, 5.41) is 10.5. The molecule has 0 aliphatic carbocycles. The van der Waals surface area contributed by atoms with Crippen LogP contribution in [-0.2, 0) is 12.2 Å². The zero-order chi connectivity index (χ0) is 13.8. The standard InChI is InChI=1S/C11H10FN3O2S2/c1-2-10-13-11(19-14-10)18-6-7-3-4-9(15(16)17)8(12)5-7/h3-5H,2,6H2,1H3. The Labute approximate surface area is 117 Å². The minimum absolute atomic E-state index is 0.502. The summed E-state index contributed by atoms with van der Waals surface area (Å²) in [7, 11) is 0. The van der Waals surface area contributed by atoms with Crippen molar-refractivity contribution in [2.75, 3.05) is 0 Å². The summed E-state index contributed by atoms with van der Waals surface area (Å²) in [6.45, 7) is 1.97. The molecule has 1 aromatic heterocycles. The van der Waals surface area contributed by atoms with Crippen molar-refractivity contribution in [3.63, 3.8) is 0 Å². The second kappa shape index (κ2) is 6.07. The van der Waals surface area contributed by atoms with E-state index in [-0.39, 0.29) is 0 Å². The SMILES string of the molecule is CCc1nsc(SCc2ccc([N+](=O)[O-])c(F)c2)n1. The monoisotopic (exact) mass is 299 g/mol. The van der Waals surface area contributed by atoms with Crippen LogP contribution in [0.4, 0.5) is 10.1 Å². The fourth-order valence-electron chi connectivity index (χ4n) is 1.37. The number of hydrogen-bond donors (Lipinski definition) is 0. The molecule has 0 saturated heterocycles. The summed E-state index contributed by atoms with van der Waals surface area (Å²) in [6, 6.07) is 3.92. The van der Waals surface area contributed by atoms with Gasteiger partial charge in [0.25, 0.3) is 0 Å². The first-order chi connectivity index (χ1) is 9.10. The number of nitro groups is 1. The highest BCUT2D eigenvalue weighted by Crippen LogP contribution is 2.26. The smallest absolute Gasteiger partial charge is 0.258 e. The summed E-state index contributed by atoms with van der Waals surface area (Å²) in [6.07, 6.45) is 0.781. The van der Waals surface area contributed by atoms with E-state index in [1.54, 1.807) is 6.07 Å². The average Bonchev–Trinajstić information content (AvgIpc) is 2.84. The predicted molar refractivity (Wildman–Crippen MR) is 71.9 cm³/mol. The summed E-state index contributed by atoms with van der Waals surface area (Å²) in [5.41, 5.74) is 0.180. The lowest BCUT2D eigenvalue weighted by atomic mass is 10.2. The van der Waals surface area contributed by atoms with E-state index in [2.05, 4.69) is 9.36 Å². The van der Waals surface area contributed by atoms with Crippen molar-refractivity contribution in [3.8, 4) is 0 Å². The zero-order valence-corrected chi connectivity index (χ0v) is 11.6. The number of halogens is 1. The molecule has 1 heterocycles. The highest BCUT2D eigenvalue weighted by Gasteiger charge is 2.14. The summed E-state index contributed by atoms with van der Waals surface area (Å²) in [5.74, 6) is 0.491. The number of nitro benzene ring substituents is 1. The Hall–Kier alpha value is -1.54. The Bertz CT molecular complexity index is 603. The van der Waals surface area contributed by atoms with E-state index in [0.29, 0.717) is 11.3 Å². The largest absolute Gasteiger partial charge is 0.304 e. The third-order valence-corrected chi connectivity index (χ3v) is 4.28. The van der Waals surface area contributed by atoms with Gasteiger partial charge in [0.05, 0.1) is 4.92 Å². The number of benzene rings is 1. The van der Waals surface area contributed by atoms with E-state index >= 15 is 0 Å². The van der Waals surface area contributed by atoms with Crippen molar-refractivity contribution in [1.29, 1.82) is 0 Å². The molecule has 0 N–H and O–H groups in total. The molecule has 100 valence electrons. The second-order valence-corrected chi connectivity index (χ2v) is 5.64. The van der Waals surface area contributed by atoms with Crippen LogP contribution in [0.5, 0.6) is 0 Å². The van der Waals surface area contributed by atoms with Gasteiger partial charge >= 0.3 is 5.69 Å². The summed E-state index contributed by atoms with van der Waals surface area (Å²) < 4.78 is 18.4. The van der Waals surface area contributed by atoms with Crippen molar-refractivity contribution in [2.24, 2.45) is 0 Å². The second-order valence-electron chi connectivity index (χ2n) is 3.66. The molecule has 8 heteroatoms. The molecule has 2 aromatic rings. The Kier molecular flexibility index (Phi) is 4.43. The first-order valence-corrected chi connectivity index (χ1v) is 7.24. The van der Waals surface area contributed by atoms with Gasteiger partial charge < -0.3 is 0 Å². The molecular weight excluding hydrogens is 289 g/mol. The zero-order valence-electron chi connectivity index (χ0n) is 10.00. The van der Waals surface area contributed by atoms with Gasteiger partial charge in [-0.15, -0.1) is 0 Å². The van der Waals surface area contributed by atoms with Crippen LogP contribution in [0.3, 0.4) is 0 Å². The minimum atomic E-state index is -0.811. The third kappa shape index (κ3) is 3.48. The lowest BCUT2D eigenvalue weighted by molar-refractivity contribution is -0.387. The lowest BCUT2D eigenvalue weighted by Gasteiger charge is -1.99. The molecule has 0 fully saturated rings. The Morgan fingerprint density at radius 1 is 1.53 bits per heavy atom. The van der Waals surface area contributed by atoms with Crippen molar-refractivity contribution in [3.05, 3.63) is 45.5 Å². The van der Waals surface area contributed by atoms with E-state index in [0.717, 1.165) is 16.6 Å². The molecule has 0 aliphatic heterocycles. The van der Waals surface area contributed by atoms with Crippen molar-refractivity contribution in [2.45, 2.75) is 23.4 Å². The van der Waals surface area contributed by atoms with Gasteiger partial charge in [0.2, 0.25) is 5.82 Å². The molecule has 2 rings (SSSR count). The minimum Gasteiger partial charge on any atom is -0.258 e. The fraction of sp³-hybridized carbons (Fsp3) is 0.273. The first-order valence-electron chi connectivity index (χ1n) is 5.48. The normalized spacial score (nSPS) is 10.6. The van der Waals surface area contributed by atoms with Crippen LogP contribution in [0.1, 0.15) is 18.3 Å². The number of aromatic nitrogens is 2. The average molecular weight is 299 g/mol. The Morgan fingerprint density at radius 2 is 2.32 bits per heavy atom. The molecule has 0 aliphatic rings. The molecule has 0 radical (unpaired) electrons. The fourth-order valence-corrected chi connectivity index (χ4v) is 3.01. The first kappa shape index (κ1) is 13.9. The van der Waals surface area contributed by atoms with Gasteiger partial charge in [0, 0.05) is 18.2 Å². The third-order valence-electron chi connectivity index (χ3n) is 2.34. The van der Waals surface area contributed by atoms with Crippen molar-refractivity contribution in [1.82, 2.24) is 9.36 Å². The van der Waals surface area contributed by atoms with Crippen LogP contribution in [0.15, 0.2) is 22.5 Å². The van der Waals surface area contributed by atoms with Gasteiger partial charge in [0.1, 0.15) is 5.82 Å².